The van der Waals surface area contributed by atoms with Crippen LogP contribution in [0, 0.1) is 0 Å². The second kappa shape index (κ2) is 8.50. The third-order valence-corrected chi connectivity index (χ3v) is 2.68. The van der Waals surface area contributed by atoms with Gasteiger partial charge in [-0.2, -0.15) is 0 Å². The Bertz CT molecular complexity index is 379. The molecule has 5 heteroatoms. The van der Waals surface area contributed by atoms with Crippen molar-refractivity contribution in [2.75, 3.05) is 38.1 Å². The van der Waals surface area contributed by atoms with E-state index >= 15 is 0 Å². The van der Waals surface area contributed by atoms with E-state index in [9.17, 15) is 4.79 Å². The van der Waals surface area contributed by atoms with E-state index in [0.717, 1.165) is 17.8 Å². The van der Waals surface area contributed by atoms with Crippen LogP contribution in [0.3, 0.4) is 0 Å². The van der Waals surface area contributed by atoms with Crippen LogP contribution in [0.4, 0.5) is 11.4 Å². The highest BCUT2D eigenvalue weighted by Gasteiger charge is 2.06. The van der Waals surface area contributed by atoms with Crippen molar-refractivity contribution in [3.63, 3.8) is 0 Å². The number of methoxy groups -OCH3 is 2. The summed E-state index contributed by atoms with van der Waals surface area (Å²) in [7, 11) is 3.19. The summed E-state index contributed by atoms with van der Waals surface area (Å²) in [6, 6.07) is 7.87. The summed E-state index contributed by atoms with van der Waals surface area (Å²) in [4.78, 5) is 11.3. The minimum atomic E-state index is -0.158. The Labute approximate surface area is 114 Å². The largest absolute Gasteiger partial charge is 0.383 e. The molecule has 1 rings (SSSR count). The van der Waals surface area contributed by atoms with Gasteiger partial charge < -0.3 is 20.1 Å². The lowest BCUT2D eigenvalue weighted by molar-refractivity contribution is -0.119. The van der Waals surface area contributed by atoms with E-state index in [1.165, 1.54) is 7.11 Å². The molecule has 0 aliphatic rings. The highest BCUT2D eigenvalue weighted by atomic mass is 16.5. The maximum Gasteiger partial charge on any atom is 0.250 e. The Kier molecular flexibility index (Phi) is 6.92. The number of benzene rings is 1. The van der Waals surface area contributed by atoms with Gasteiger partial charge in [0.1, 0.15) is 6.61 Å². The molecule has 1 unspecified atom stereocenters. The molecule has 0 spiro atoms. The maximum atomic E-state index is 11.3. The molecule has 0 saturated carbocycles. The Morgan fingerprint density at radius 3 is 2.32 bits per heavy atom. The Morgan fingerprint density at radius 2 is 1.79 bits per heavy atom. The van der Waals surface area contributed by atoms with Gasteiger partial charge in [0.25, 0.3) is 0 Å². The summed E-state index contributed by atoms with van der Waals surface area (Å²) in [6.45, 7) is 2.84. The molecule has 2 N–H and O–H groups in total. The number of carbonyl (C=O) groups is 1. The van der Waals surface area contributed by atoms with E-state index in [-0.39, 0.29) is 12.5 Å². The van der Waals surface area contributed by atoms with Crippen LogP contribution in [0.25, 0.3) is 0 Å². The van der Waals surface area contributed by atoms with Gasteiger partial charge in [0, 0.05) is 31.6 Å². The van der Waals surface area contributed by atoms with E-state index in [2.05, 4.69) is 17.6 Å². The number of carbonyl (C=O) groups excluding carboxylic acids is 1. The monoisotopic (exact) mass is 266 g/mol. The van der Waals surface area contributed by atoms with Crippen molar-refractivity contribution < 1.29 is 14.3 Å². The Hall–Kier alpha value is -1.59. The number of nitrogens with one attached hydrogen (secondary N) is 2. The minimum absolute atomic E-state index is 0.0613. The molecule has 0 saturated heterocycles. The molecule has 5 nitrogen and oxygen atoms in total. The standard InChI is InChI=1S/C14H22N2O3/c1-4-11(9-18-2)15-12-5-7-13(8-6-12)16-14(17)10-19-3/h5-8,11,15H,4,9-10H2,1-3H3,(H,16,17). The van der Waals surface area contributed by atoms with E-state index in [1.807, 2.05) is 24.3 Å². The molecule has 0 heterocycles. The Morgan fingerprint density at radius 1 is 1.16 bits per heavy atom. The highest BCUT2D eigenvalue weighted by molar-refractivity contribution is 5.91. The average molecular weight is 266 g/mol. The van der Waals surface area contributed by atoms with Crippen LogP contribution in [0.5, 0.6) is 0 Å². The molecular formula is C14H22N2O3. The van der Waals surface area contributed by atoms with Gasteiger partial charge in [-0.05, 0) is 30.7 Å². The zero-order chi connectivity index (χ0) is 14.1. The summed E-state index contributed by atoms with van der Waals surface area (Å²) in [6.07, 6.45) is 0.986. The second-order valence-corrected chi connectivity index (χ2v) is 4.26. The first-order chi connectivity index (χ1) is 9.19. The predicted octanol–water partition coefficient (Wildman–Crippen LogP) is 2.11. The Balaban J connectivity index is 2.53. The van der Waals surface area contributed by atoms with Crippen molar-refractivity contribution in [1.82, 2.24) is 0 Å². The van der Waals surface area contributed by atoms with Crippen LogP contribution in [0.1, 0.15) is 13.3 Å². The summed E-state index contributed by atoms with van der Waals surface area (Å²) < 4.78 is 9.89. The van der Waals surface area contributed by atoms with Gasteiger partial charge in [0.2, 0.25) is 5.91 Å². The quantitative estimate of drug-likeness (QED) is 0.756. The molecule has 0 radical (unpaired) electrons. The molecule has 1 amide bonds. The van der Waals surface area contributed by atoms with E-state index in [4.69, 9.17) is 9.47 Å². The zero-order valence-corrected chi connectivity index (χ0v) is 11.7. The fourth-order valence-electron chi connectivity index (χ4n) is 1.68. The molecule has 0 aromatic heterocycles. The molecular weight excluding hydrogens is 244 g/mol. The number of amides is 1. The van der Waals surface area contributed by atoms with Gasteiger partial charge in [0.15, 0.2) is 0 Å². The van der Waals surface area contributed by atoms with Crippen LogP contribution in [0.15, 0.2) is 24.3 Å². The van der Waals surface area contributed by atoms with Crippen molar-refractivity contribution in [3.05, 3.63) is 24.3 Å². The van der Waals surface area contributed by atoms with Crippen LogP contribution in [-0.4, -0.2) is 39.4 Å². The van der Waals surface area contributed by atoms with Crippen LogP contribution in [0.2, 0.25) is 0 Å². The topological polar surface area (TPSA) is 59.6 Å². The first-order valence-corrected chi connectivity index (χ1v) is 6.34. The number of rotatable bonds is 8. The number of ether oxygens (including phenoxy) is 2. The third kappa shape index (κ3) is 5.72. The SMILES string of the molecule is CCC(COC)Nc1ccc(NC(=O)COC)cc1. The molecule has 1 aromatic rings. The molecule has 106 valence electrons. The second-order valence-electron chi connectivity index (χ2n) is 4.26. The lowest BCUT2D eigenvalue weighted by Gasteiger charge is -2.17. The van der Waals surface area contributed by atoms with Crippen molar-refractivity contribution in [3.8, 4) is 0 Å². The van der Waals surface area contributed by atoms with Gasteiger partial charge in [-0.25, -0.2) is 0 Å². The molecule has 0 bridgehead atoms. The summed E-state index contributed by atoms with van der Waals surface area (Å²) in [5.41, 5.74) is 1.76. The zero-order valence-electron chi connectivity index (χ0n) is 11.7. The van der Waals surface area contributed by atoms with Crippen LogP contribution in [-0.2, 0) is 14.3 Å². The molecule has 0 fully saturated rings. The number of hydrogen-bond donors (Lipinski definition) is 2. The van der Waals surface area contributed by atoms with Gasteiger partial charge >= 0.3 is 0 Å². The fraction of sp³-hybridized carbons (Fsp3) is 0.500. The maximum absolute atomic E-state index is 11.3. The van der Waals surface area contributed by atoms with E-state index in [1.54, 1.807) is 7.11 Å². The molecule has 0 aliphatic heterocycles. The van der Waals surface area contributed by atoms with Gasteiger partial charge in [-0.15, -0.1) is 0 Å². The smallest absolute Gasteiger partial charge is 0.250 e. The van der Waals surface area contributed by atoms with Gasteiger partial charge in [0.05, 0.1) is 6.61 Å². The molecule has 1 aromatic carbocycles. The predicted molar refractivity (Wildman–Crippen MR) is 76.5 cm³/mol. The van der Waals surface area contributed by atoms with Crippen molar-refractivity contribution in [2.45, 2.75) is 19.4 Å². The summed E-state index contributed by atoms with van der Waals surface area (Å²) in [5.74, 6) is -0.158. The van der Waals surface area contributed by atoms with E-state index < -0.39 is 0 Å². The van der Waals surface area contributed by atoms with Crippen molar-refractivity contribution in [1.29, 1.82) is 0 Å². The first-order valence-electron chi connectivity index (χ1n) is 6.34. The summed E-state index contributed by atoms with van der Waals surface area (Å²) >= 11 is 0. The highest BCUT2D eigenvalue weighted by Crippen LogP contribution is 2.15. The lowest BCUT2D eigenvalue weighted by Crippen LogP contribution is -2.23. The number of anilines is 2. The molecule has 1 atom stereocenters. The fourth-order valence-corrected chi connectivity index (χ4v) is 1.68. The normalized spacial score (nSPS) is 11.9. The van der Waals surface area contributed by atoms with Crippen molar-refractivity contribution in [2.24, 2.45) is 0 Å². The van der Waals surface area contributed by atoms with Crippen LogP contribution < -0.4 is 10.6 Å². The average Bonchev–Trinajstić information content (AvgIpc) is 2.40. The van der Waals surface area contributed by atoms with Crippen LogP contribution >= 0.6 is 0 Å². The van der Waals surface area contributed by atoms with Crippen molar-refractivity contribution >= 4 is 17.3 Å². The lowest BCUT2D eigenvalue weighted by atomic mass is 10.2. The minimum Gasteiger partial charge on any atom is -0.383 e. The molecule has 19 heavy (non-hydrogen) atoms. The third-order valence-electron chi connectivity index (χ3n) is 2.68. The van der Waals surface area contributed by atoms with Gasteiger partial charge in [-0.1, -0.05) is 6.92 Å². The molecule has 0 aliphatic carbocycles. The number of hydrogen-bond acceptors (Lipinski definition) is 4. The van der Waals surface area contributed by atoms with E-state index in [0.29, 0.717) is 12.6 Å². The summed E-state index contributed by atoms with van der Waals surface area (Å²) in [5, 5.41) is 6.12. The van der Waals surface area contributed by atoms with Gasteiger partial charge in [-0.3, -0.25) is 4.79 Å². The first kappa shape index (κ1) is 15.5.